The third-order valence-electron chi connectivity index (χ3n) is 2.92. The van der Waals surface area contributed by atoms with Gasteiger partial charge in [0.2, 0.25) is 0 Å². The number of hydrogen-bond acceptors (Lipinski definition) is 4. The van der Waals surface area contributed by atoms with Gasteiger partial charge in [-0.05, 0) is 24.3 Å². The number of hydrogen-bond donors (Lipinski definition) is 1. The van der Waals surface area contributed by atoms with Crippen LogP contribution in [-0.2, 0) is 6.61 Å². The van der Waals surface area contributed by atoms with Crippen molar-refractivity contribution >= 4 is 28.6 Å². The fraction of sp³-hybridized carbons (Fsp3) is 0.0625. The molecule has 0 spiro atoms. The Kier molecular flexibility index (Phi) is 4.08. The molecular weight excluding hydrogens is 304 g/mol. The minimum absolute atomic E-state index is 0.400. The molecule has 5 heteroatoms. The molecule has 2 aromatic carbocycles. The Morgan fingerprint density at radius 2 is 2.00 bits per heavy atom. The van der Waals surface area contributed by atoms with Crippen LogP contribution in [0.1, 0.15) is 5.01 Å². The molecule has 21 heavy (non-hydrogen) atoms. The number of thiazole rings is 1. The first-order valence-electron chi connectivity index (χ1n) is 6.40. The standard InChI is InChI=1S/C16H13ClN2OS/c17-13-6-1-2-7-15(13)20-9-16-19-14(10-21-16)11-4-3-5-12(18)8-11/h1-8,10H,9,18H2. The van der Waals surface area contributed by atoms with E-state index in [1.165, 1.54) is 0 Å². The molecule has 0 fully saturated rings. The van der Waals surface area contributed by atoms with Gasteiger partial charge >= 0.3 is 0 Å². The first-order chi connectivity index (χ1) is 10.2. The van der Waals surface area contributed by atoms with Crippen molar-refractivity contribution in [3.8, 4) is 17.0 Å². The number of anilines is 1. The maximum absolute atomic E-state index is 6.05. The maximum atomic E-state index is 6.05. The molecule has 0 aliphatic heterocycles. The van der Waals surface area contributed by atoms with E-state index in [1.807, 2.05) is 47.8 Å². The lowest BCUT2D eigenvalue weighted by molar-refractivity contribution is 0.306. The van der Waals surface area contributed by atoms with Crippen molar-refractivity contribution in [2.45, 2.75) is 6.61 Å². The lowest BCUT2D eigenvalue weighted by Gasteiger charge is -2.05. The smallest absolute Gasteiger partial charge is 0.140 e. The van der Waals surface area contributed by atoms with Crippen LogP contribution in [0.25, 0.3) is 11.3 Å². The van der Waals surface area contributed by atoms with Crippen molar-refractivity contribution < 1.29 is 4.74 Å². The summed E-state index contributed by atoms with van der Waals surface area (Å²) in [4.78, 5) is 4.56. The van der Waals surface area contributed by atoms with Crippen LogP contribution < -0.4 is 10.5 Å². The van der Waals surface area contributed by atoms with Crippen LogP contribution in [0.15, 0.2) is 53.9 Å². The second-order valence-electron chi connectivity index (χ2n) is 4.47. The maximum Gasteiger partial charge on any atom is 0.140 e. The molecule has 3 rings (SSSR count). The van der Waals surface area contributed by atoms with E-state index in [9.17, 15) is 0 Å². The lowest BCUT2D eigenvalue weighted by Crippen LogP contribution is -1.95. The van der Waals surface area contributed by atoms with Gasteiger partial charge in [-0.3, -0.25) is 0 Å². The highest BCUT2D eigenvalue weighted by molar-refractivity contribution is 7.09. The third-order valence-corrected chi connectivity index (χ3v) is 4.06. The van der Waals surface area contributed by atoms with Gasteiger partial charge in [0.05, 0.1) is 10.7 Å². The highest BCUT2D eigenvalue weighted by atomic mass is 35.5. The van der Waals surface area contributed by atoms with Gasteiger partial charge in [-0.25, -0.2) is 4.98 Å². The summed E-state index contributed by atoms with van der Waals surface area (Å²) in [6.45, 7) is 0.400. The Morgan fingerprint density at radius 3 is 2.81 bits per heavy atom. The SMILES string of the molecule is Nc1cccc(-c2csc(COc3ccccc3Cl)n2)c1. The summed E-state index contributed by atoms with van der Waals surface area (Å²) in [7, 11) is 0. The molecule has 1 heterocycles. The Balaban J connectivity index is 1.72. The Bertz CT molecular complexity index is 757. The molecule has 1 aromatic heterocycles. The van der Waals surface area contributed by atoms with Crippen LogP contribution in [-0.4, -0.2) is 4.98 Å². The summed E-state index contributed by atoms with van der Waals surface area (Å²) < 4.78 is 5.69. The van der Waals surface area contributed by atoms with E-state index in [0.29, 0.717) is 17.4 Å². The number of nitrogens with two attached hydrogens (primary N) is 1. The summed E-state index contributed by atoms with van der Waals surface area (Å²) in [6.07, 6.45) is 0. The van der Waals surface area contributed by atoms with Gasteiger partial charge in [0.1, 0.15) is 17.4 Å². The van der Waals surface area contributed by atoms with Crippen molar-refractivity contribution in [3.05, 3.63) is 63.9 Å². The number of halogens is 1. The average Bonchev–Trinajstić information content (AvgIpc) is 2.95. The van der Waals surface area contributed by atoms with E-state index in [0.717, 1.165) is 22.0 Å². The zero-order valence-corrected chi connectivity index (χ0v) is 12.7. The third kappa shape index (κ3) is 3.35. The number of aromatic nitrogens is 1. The van der Waals surface area contributed by atoms with Crippen LogP contribution in [0, 0.1) is 0 Å². The largest absolute Gasteiger partial charge is 0.485 e. The first-order valence-corrected chi connectivity index (χ1v) is 7.66. The predicted molar refractivity (Wildman–Crippen MR) is 87.7 cm³/mol. The second-order valence-corrected chi connectivity index (χ2v) is 5.82. The highest BCUT2D eigenvalue weighted by Gasteiger charge is 2.07. The monoisotopic (exact) mass is 316 g/mol. The fourth-order valence-electron chi connectivity index (χ4n) is 1.91. The summed E-state index contributed by atoms with van der Waals surface area (Å²) in [5.41, 5.74) is 8.44. The van der Waals surface area contributed by atoms with Crippen molar-refractivity contribution in [2.24, 2.45) is 0 Å². The Morgan fingerprint density at radius 1 is 1.14 bits per heavy atom. The molecule has 3 aromatic rings. The predicted octanol–water partition coefficient (Wildman–Crippen LogP) is 4.62. The van der Waals surface area contributed by atoms with Gasteiger partial charge < -0.3 is 10.5 Å². The quantitative estimate of drug-likeness (QED) is 0.714. The van der Waals surface area contributed by atoms with E-state index in [2.05, 4.69) is 4.98 Å². The number of benzene rings is 2. The average molecular weight is 317 g/mol. The molecule has 0 amide bonds. The second kappa shape index (κ2) is 6.16. The minimum Gasteiger partial charge on any atom is -0.485 e. The molecule has 0 bridgehead atoms. The van der Waals surface area contributed by atoms with E-state index in [-0.39, 0.29) is 0 Å². The van der Waals surface area contributed by atoms with E-state index < -0.39 is 0 Å². The zero-order chi connectivity index (χ0) is 14.7. The number of nitrogen functional groups attached to an aromatic ring is 1. The number of nitrogens with zero attached hydrogens (tertiary/aromatic N) is 1. The van der Waals surface area contributed by atoms with Crippen molar-refractivity contribution in [1.82, 2.24) is 4.98 Å². The van der Waals surface area contributed by atoms with Crippen molar-refractivity contribution in [2.75, 3.05) is 5.73 Å². The van der Waals surface area contributed by atoms with Crippen LogP contribution >= 0.6 is 22.9 Å². The Labute approximate surface area is 132 Å². The molecule has 0 saturated heterocycles. The highest BCUT2D eigenvalue weighted by Crippen LogP contribution is 2.27. The molecular formula is C16H13ClN2OS. The van der Waals surface area contributed by atoms with Crippen LogP contribution in [0.5, 0.6) is 5.75 Å². The van der Waals surface area contributed by atoms with Gasteiger partial charge in [-0.1, -0.05) is 35.9 Å². The lowest BCUT2D eigenvalue weighted by atomic mass is 10.1. The van der Waals surface area contributed by atoms with E-state index in [1.54, 1.807) is 17.4 Å². The molecule has 106 valence electrons. The molecule has 0 aliphatic rings. The molecule has 3 nitrogen and oxygen atoms in total. The number of ether oxygens (including phenoxy) is 1. The molecule has 0 radical (unpaired) electrons. The minimum atomic E-state index is 0.400. The van der Waals surface area contributed by atoms with Gasteiger partial charge in [0.15, 0.2) is 0 Å². The number of rotatable bonds is 4. The van der Waals surface area contributed by atoms with E-state index >= 15 is 0 Å². The summed E-state index contributed by atoms with van der Waals surface area (Å²) in [5, 5.41) is 3.50. The van der Waals surface area contributed by atoms with Crippen molar-refractivity contribution in [3.63, 3.8) is 0 Å². The van der Waals surface area contributed by atoms with Crippen LogP contribution in [0.2, 0.25) is 5.02 Å². The molecule has 0 atom stereocenters. The van der Waals surface area contributed by atoms with Crippen molar-refractivity contribution in [1.29, 1.82) is 0 Å². The molecule has 0 aliphatic carbocycles. The van der Waals surface area contributed by atoms with Crippen LogP contribution in [0.4, 0.5) is 5.69 Å². The van der Waals surface area contributed by atoms with Crippen LogP contribution in [0.3, 0.4) is 0 Å². The van der Waals surface area contributed by atoms with E-state index in [4.69, 9.17) is 22.1 Å². The normalized spacial score (nSPS) is 10.5. The van der Waals surface area contributed by atoms with Gasteiger partial charge in [-0.15, -0.1) is 11.3 Å². The summed E-state index contributed by atoms with van der Waals surface area (Å²) in [5.74, 6) is 0.667. The summed E-state index contributed by atoms with van der Waals surface area (Å²) in [6, 6.07) is 15.1. The van der Waals surface area contributed by atoms with Gasteiger partial charge in [0.25, 0.3) is 0 Å². The number of para-hydroxylation sites is 1. The first kappa shape index (κ1) is 13.9. The Hall–Kier alpha value is -2.04. The molecule has 2 N–H and O–H groups in total. The summed E-state index contributed by atoms with van der Waals surface area (Å²) >= 11 is 7.61. The van der Waals surface area contributed by atoms with Gasteiger partial charge in [-0.2, -0.15) is 0 Å². The molecule has 0 saturated carbocycles. The van der Waals surface area contributed by atoms with Gasteiger partial charge in [0, 0.05) is 16.6 Å². The topological polar surface area (TPSA) is 48.1 Å². The fourth-order valence-corrected chi connectivity index (χ4v) is 2.81. The zero-order valence-electron chi connectivity index (χ0n) is 11.1. The molecule has 0 unspecified atom stereocenters.